The van der Waals surface area contributed by atoms with Crippen LogP contribution >= 0.6 is 0 Å². The van der Waals surface area contributed by atoms with Crippen LogP contribution in [-0.4, -0.2) is 65.5 Å². The lowest BCUT2D eigenvalue weighted by molar-refractivity contribution is 0.0334. The third-order valence-corrected chi connectivity index (χ3v) is 7.12. The molecule has 0 radical (unpaired) electrons. The van der Waals surface area contributed by atoms with Gasteiger partial charge in [0.05, 0.1) is 24.6 Å². The molecule has 0 unspecified atom stereocenters. The molecule has 3 aliphatic rings. The van der Waals surface area contributed by atoms with E-state index < -0.39 is 0 Å². The van der Waals surface area contributed by atoms with Gasteiger partial charge in [-0.3, -0.25) is 9.80 Å². The van der Waals surface area contributed by atoms with E-state index in [1.54, 1.807) is 0 Å². The van der Waals surface area contributed by atoms with Crippen molar-refractivity contribution in [1.29, 1.82) is 0 Å². The summed E-state index contributed by atoms with van der Waals surface area (Å²) >= 11 is 0. The Kier molecular flexibility index (Phi) is 6.16. The molecule has 1 aromatic carbocycles. The van der Waals surface area contributed by atoms with Crippen LogP contribution in [0.2, 0.25) is 0 Å². The molecule has 162 valence electrons. The molecule has 2 fully saturated rings. The Labute approximate surface area is 178 Å². The van der Waals surface area contributed by atoms with Gasteiger partial charge in [-0.05, 0) is 93.9 Å². The van der Waals surface area contributed by atoms with Crippen LogP contribution in [0.15, 0.2) is 24.3 Å². The van der Waals surface area contributed by atoms with Gasteiger partial charge in [0.15, 0.2) is 0 Å². The van der Waals surface area contributed by atoms with Crippen LogP contribution in [0.1, 0.15) is 42.6 Å². The minimum Gasteiger partial charge on any atom is -0.379 e. The molecule has 5 rings (SSSR count). The molecule has 2 saturated heterocycles. The highest BCUT2D eigenvalue weighted by molar-refractivity contribution is 5.40. The highest BCUT2D eigenvalue weighted by Crippen LogP contribution is 2.30. The molecule has 6 heteroatoms. The third kappa shape index (κ3) is 4.46. The molecule has 0 spiro atoms. The number of fused-ring (bicyclic) bond motifs is 1. The van der Waals surface area contributed by atoms with Crippen molar-refractivity contribution in [3.63, 3.8) is 0 Å². The van der Waals surface area contributed by atoms with Gasteiger partial charge in [0.1, 0.15) is 5.82 Å². The van der Waals surface area contributed by atoms with Crippen LogP contribution in [0.25, 0.3) is 5.69 Å². The third-order valence-electron chi connectivity index (χ3n) is 7.12. The largest absolute Gasteiger partial charge is 0.379 e. The van der Waals surface area contributed by atoms with Crippen LogP contribution in [0, 0.1) is 11.7 Å². The first-order valence-electron chi connectivity index (χ1n) is 11.6. The Balaban J connectivity index is 1.18. The molecule has 3 heterocycles. The number of hydrogen-bond donors (Lipinski definition) is 0. The maximum absolute atomic E-state index is 13.3. The monoisotopic (exact) mass is 412 g/mol. The second kappa shape index (κ2) is 9.16. The minimum atomic E-state index is -0.195. The van der Waals surface area contributed by atoms with Gasteiger partial charge in [0.25, 0.3) is 0 Å². The summed E-state index contributed by atoms with van der Waals surface area (Å²) in [5.41, 5.74) is 4.98. The number of benzene rings is 1. The maximum atomic E-state index is 13.3. The Morgan fingerprint density at radius 3 is 2.50 bits per heavy atom. The summed E-state index contributed by atoms with van der Waals surface area (Å²) in [5.74, 6) is 0.658. The molecule has 2 aliphatic heterocycles. The maximum Gasteiger partial charge on any atom is 0.123 e. The Morgan fingerprint density at radius 1 is 0.967 bits per heavy atom. The van der Waals surface area contributed by atoms with Gasteiger partial charge >= 0.3 is 0 Å². The smallest absolute Gasteiger partial charge is 0.123 e. The molecule has 30 heavy (non-hydrogen) atoms. The zero-order valence-electron chi connectivity index (χ0n) is 17.9. The van der Waals surface area contributed by atoms with E-state index in [1.807, 2.05) is 12.1 Å². The van der Waals surface area contributed by atoms with E-state index in [0.717, 1.165) is 57.3 Å². The summed E-state index contributed by atoms with van der Waals surface area (Å²) in [4.78, 5) is 5.14. The van der Waals surface area contributed by atoms with Crippen LogP contribution in [0.4, 0.5) is 4.39 Å². The molecule has 0 atom stereocenters. The minimum absolute atomic E-state index is 0.195. The Hall–Kier alpha value is -1.76. The van der Waals surface area contributed by atoms with Crippen LogP contribution in [0.3, 0.4) is 0 Å². The fraction of sp³-hybridized carbons (Fsp3) is 0.625. The molecular formula is C24H33FN4O. The van der Waals surface area contributed by atoms with E-state index in [-0.39, 0.29) is 5.82 Å². The normalized spacial score (nSPS) is 21.2. The fourth-order valence-corrected chi connectivity index (χ4v) is 5.27. The number of nitrogens with zero attached hydrogens (tertiary/aromatic N) is 4. The molecule has 2 aromatic rings. The van der Waals surface area contributed by atoms with Gasteiger partial charge in [-0.2, -0.15) is 5.10 Å². The number of likely N-dealkylation sites (tertiary alicyclic amines) is 1. The van der Waals surface area contributed by atoms with Crippen molar-refractivity contribution >= 4 is 0 Å². The summed E-state index contributed by atoms with van der Waals surface area (Å²) in [5, 5.41) is 4.98. The second-order valence-electron chi connectivity index (χ2n) is 9.08. The van der Waals surface area contributed by atoms with Crippen LogP contribution < -0.4 is 0 Å². The summed E-state index contributed by atoms with van der Waals surface area (Å²) in [6.07, 6.45) is 7.31. The first kappa shape index (κ1) is 20.2. The number of rotatable bonds is 6. The lowest BCUT2D eigenvalue weighted by Gasteiger charge is -2.33. The average Bonchev–Trinajstić information content (AvgIpc) is 3.39. The van der Waals surface area contributed by atoms with E-state index in [4.69, 9.17) is 9.84 Å². The fourth-order valence-electron chi connectivity index (χ4n) is 5.27. The van der Waals surface area contributed by atoms with Crippen molar-refractivity contribution in [3.8, 4) is 5.69 Å². The molecule has 0 amide bonds. The molecule has 5 nitrogen and oxygen atoms in total. The molecule has 1 aromatic heterocycles. The van der Waals surface area contributed by atoms with E-state index in [1.165, 1.54) is 74.4 Å². The Morgan fingerprint density at radius 2 is 1.73 bits per heavy atom. The van der Waals surface area contributed by atoms with E-state index in [9.17, 15) is 4.39 Å². The topological polar surface area (TPSA) is 33.5 Å². The highest BCUT2D eigenvalue weighted by Gasteiger charge is 2.26. The van der Waals surface area contributed by atoms with Crippen molar-refractivity contribution in [2.45, 2.75) is 45.1 Å². The standard InChI is InChI=1S/C24H33FN4O/c25-20-4-6-21(7-5-20)29-24-3-1-2-22(24)23(26-29)18-28-12-9-19(10-13-28)8-11-27-14-16-30-17-15-27/h4-7,19H,1-3,8-18H2. The van der Waals surface area contributed by atoms with Crippen molar-refractivity contribution in [2.75, 3.05) is 45.9 Å². The quantitative estimate of drug-likeness (QED) is 0.728. The van der Waals surface area contributed by atoms with Crippen molar-refractivity contribution in [1.82, 2.24) is 19.6 Å². The summed E-state index contributed by atoms with van der Waals surface area (Å²) < 4.78 is 20.9. The lowest BCUT2D eigenvalue weighted by Crippen LogP contribution is -2.39. The van der Waals surface area contributed by atoms with Crippen molar-refractivity contribution in [3.05, 3.63) is 47.0 Å². The predicted octanol–water partition coefficient (Wildman–Crippen LogP) is 3.43. The number of halogens is 1. The lowest BCUT2D eigenvalue weighted by atomic mass is 9.93. The van der Waals surface area contributed by atoms with Gasteiger partial charge in [-0.1, -0.05) is 0 Å². The summed E-state index contributed by atoms with van der Waals surface area (Å²) in [6.45, 7) is 8.51. The number of morpholine rings is 1. The second-order valence-corrected chi connectivity index (χ2v) is 9.08. The number of aromatic nitrogens is 2. The predicted molar refractivity (Wildman–Crippen MR) is 115 cm³/mol. The average molecular weight is 413 g/mol. The molecular weight excluding hydrogens is 379 g/mol. The van der Waals surface area contributed by atoms with Crippen molar-refractivity contribution < 1.29 is 9.13 Å². The van der Waals surface area contributed by atoms with Crippen molar-refractivity contribution in [2.24, 2.45) is 5.92 Å². The van der Waals surface area contributed by atoms with Crippen LogP contribution in [-0.2, 0) is 24.1 Å². The van der Waals surface area contributed by atoms with E-state index in [2.05, 4.69) is 14.5 Å². The SMILES string of the molecule is Fc1ccc(-n2nc(CN3CCC(CCN4CCOCC4)CC3)c3c2CCC3)cc1. The molecule has 0 N–H and O–H groups in total. The zero-order valence-corrected chi connectivity index (χ0v) is 17.9. The summed E-state index contributed by atoms with van der Waals surface area (Å²) in [6, 6.07) is 6.73. The number of piperidine rings is 1. The van der Waals surface area contributed by atoms with Gasteiger partial charge in [-0.25, -0.2) is 9.07 Å². The molecule has 0 saturated carbocycles. The zero-order chi connectivity index (χ0) is 20.3. The first-order valence-corrected chi connectivity index (χ1v) is 11.6. The van der Waals surface area contributed by atoms with Gasteiger partial charge in [-0.15, -0.1) is 0 Å². The van der Waals surface area contributed by atoms with Gasteiger partial charge < -0.3 is 4.74 Å². The van der Waals surface area contributed by atoms with E-state index >= 15 is 0 Å². The number of hydrogen-bond acceptors (Lipinski definition) is 4. The van der Waals surface area contributed by atoms with Crippen LogP contribution in [0.5, 0.6) is 0 Å². The van der Waals surface area contributed by atoms with E-state index in [0.29, 0.717) is 0 Å². The highest BCUT2D eigenvalue weighted by atomic mass is 19.1. The molecule has 1 aliphatic carbocycles. The summed E-state index contributed by atoms with van der Waals surface area (Å²) in [7, 11) is 0. The first-order chi connectivity index (χ1) is 14.8. The number of ether oxygens (including phenoxy) is 1. The molecule has 0 bridgehead atoms. The van der Waals surface area contributed by atoms with Gasteiger partial charge in [0.2, 0.25) is 0 Å². The Bertz CT molecular complexity index is 836. The van der Waals surface area contributed by atoms with Gasteiger partial charge in [0, 0.05) is 25.3 Å².